The number of anilines is 2. The third kappa shape index (κ3) is 4.08. The lowest BCUT2D eigenvalue weighted by Crippen LogP contribution is -2.38. The molecule has 2 aromatic rings. The van der Waals surface area contributed by atoms with Crippen LogP contribution in [0.3, 0.4) is 0 Å². The minimum atomic E-state index is 0.0385. The number of piperidine rings is 1. The van der Waals surface area contributed by atoms with Crippen LogP contribution in [0.4, 0.5) is 11.5 Å². The van der Waals surface area contributed by atoms with Crippen LogP contribution in [0.2, 0.25) is 5.02 Å². The first-order chi connectivity index (χ1) is 11.5. The van der Waals surface area contributed by atoms with E-state index in [-0.39, 0.29) is 11.8 Å². The zero-order valence-corrected chi connectivity index (χ0v) is 15.8. The molecule has 1 aliphatic heterocycles. The van der Waals surface area contributed by atoms with Crippen LogP contribution >= 0.6 is 27.5 Å². The van der Waals surface area contributed by atoms with Gasteiger partial charge in [-0.1, -0.05) is 27.5 Å². The molecule has 24 heavy (non-hydrogen) atoms. The van der Waals surface area contributed by atoms with Crippen LogP contribution in [0.5, 0.6) is 0 Å². The summed E-state index contributed by atoms with van der Waals surface area (Å²) in [5, 5.41) is 3.69. The van der Waals surface area contributed by atoms with E-state index in [0.29, 0.717) is 5.02 Å². The number of amides is 1. The second-order valence-corrected chi connectivity index (χ2v) is 7.40. The van der Waals surface area contributed by atoms with Gasteiger partial charge in [0.1, 0.15) is 5.82 Å². The molecule has 4 nitrogen and oxygen atoms in total. The van der Waals surface area contributed by atoms with Gasteiger partial charge in [0.25, 0.3) is 0 Å². The Kier molecular flexibility index (Phi) is 5.41. The molecule has 126 valence electrons. The summed E-state index contributed by atoms with van der Waals surface area (Å²) in [5.74, 6) is 1.06. The molecule has 2 heterocycles. The number of carbonyl (C=O) groups excluding carboxylic acids is 1. The molecule has 3 rings (SSSR count). The Morgan fingerprint density at radius 3 is 2.67 bits per heavy atom. The Bertz CT molecular complexity index is 728. The zero-order chi connectivity index (χ0) is 17.1. The molecular weight excluding hydrogens is 390 g/mol. The standard InChI is InChI=1S/C18H19BrClN3O/c1-12-10-14(19)2-4-16(12)22-18(24)13-6-8-23(9-7-13)17-5-3-15(20)11-21-17/h2-5,10-11,13H,6-9H2,1H3,(H,22,24). The van der Waals surface area contributed by atoms with E-state index in [1.54, 1.807) is 6.20 Å². The first-order valence-electron chi connectivity index (χ1n) is 7.96. The number of pyridine rings is 1. The average molecular weight is 409 g/mol. The van der Waals surface area contributed by atoms with Crippen LogP contribution in [-0.4, -0.2) is 24.0 Å². The topological polar surface area (TPSA) is 45.2 Å². The quantitative estimate of drug-likeness (QED) is 0.803. The monoisotopic (exact) mass is 407 g/mol. The summed E-state index contributed by atoms with van der Waals surface area (Å²) >= 11 is 9.32. The van der Waals surface area contributed by atoms with Crippen LogP contribution in [0.25, 0.3) is 0 Å². The third-order valence-electron chi connectivity index (χ3n) is 4.35. The van der Waals surface area contributed by atoms with Crippen molar-refractivity contribution in [2.75, 3.05) is 23.3 Å². The molecule has 1 aromatic carbocycles. The van der Waals surface area contributed by atoms with Crippen molar-refractivity contribution in [1.29, 1.82) is 0 Å². The predicted octanol–water partition coefficient (Wildman–Crippen LogP) is 4.66. The molecule has 0 saturated carbocycles. The van der Waals surface area contributed by atoms with Crippen molar-refractivity contribution in [3.8, 4) is 0 Å². The normalized spacial score (nSPS) is 15.4. The number of hydrogen-bond acceptors (Lipinski definition) is 3. The summed E-state index contributed by atoms with van der Waals surface area (Å²) < 4.78 is 1.02. The lowest BCUT2D eigenvalue weighted by atomic mass is 9.95. The number of aromatic nitrogens is 1. The SMILES string of the molecule is Cc1cc(Br)ccc1NC(=O)C1CCN(c2ccc(Cl)cn2)CC1. The second kappa shape index (κ2) is 7.53. The van der Waals surface area contributed by atoms with E-state index in [0.717, 1.165) is 47.5 Å². The molecule has 0 spiro atoms. The van der Waals surface area contributed by atoms with Crippen LogP contribution in [0, 0.1) is 12.8 Å². The highest BCUT2D eigenvalue weighted by Crippen LogP contribution is 2.25. The van der Waals surface area contributed by atoms with Gasteiger partial charge >= 0.3 is 0 Å². The van der Waals surface area contributed by atoms with Gasteiger partial charge in [0.2, 0.25) is 5.91 Å². The average Bonchev–Trinajstić information content (AvgIpc) is 2.58. The van der Waals surface area contributed by atoms with Gasteiger partial charge in [-0.3, -0.25) is 4.79 Å². The molecule has 0 atom stereocenters. The Morgan fingerprint density at radius 2 is 2.04 bits per heavy atom. The fourth-order valence-corrected chi connectivity index (χ4v) is 3.52. The molecule has 6 heteroatoms. The number of nitrogens with one attached hydrogen (secondary N) is 1. The van der Waals surface area contributed by atoms with Gasteiger partial charge in [-0.2, -0.15) is 0 Å². The van der Waals surface area contributed by atoms with Crippen molar-refractivity contribution in [1.82, 2.24) is 4.98 Å². The summed E-state index contributed by atoms with van der Waals surface area (Å²) in [7, 11) is 0. The predicted molar refractivity (Wildman–Crippen MR) is 102 cm³/mol. The number of benzene rings is 1. The molecular formula is C18H19BrClN3O. The largest absolute Gasteiger partial charge is 0.357 e. The van der Waals surface area contributed by atoms with Crippen LogP contribution in [0.15, 0.2) is 41.0 Å². The van der Waals surface area contributed by atoms with E-state index in [4.69, 9.17) is 11.6 Å². The van der Waals surface area contributed by atoms with E-state index >= 15 is 0 Å². The number of nitrogens with zero attached hydrogens (tertiary/aromatic N) is 2. The summed E-state index contributed by atoms with van der Waals surface area (Å²) in [4.78, 5) is 19.1. The smallest absolute Gasteiger partial charge is 0.227 e. The molecule has 1 aliphatic rings. The van der Waals surface area contributed by atoms with Gasteiger partial charge in [-0.05, 0) is 55.7 Å². The van der Waals surface area contributed by atoms with Gasteiger partial charge in [0.05, 0.1) is 5.02 Å². The highest BCUT2D eigenvalue weighted by molar-refractivity contribution is 9.10. The molecule has 0 unspecified atom stereocenters. The highest BCUT2D eigenvalue weighted by atomic mass is 79.9. The van der Waals surface area contributed by atoms with Gasteiger partial charge in [0, 0.05) is 35.4 Å². The van der Waals surface area contributed by atoms with E-state index in [1.807, 2.05) is 37.3 Å². The maximum Gasteiger partial charge on any atom is 0.227 e. The Hall–Kier alpha value is -1.59. The minimum absolute atomic E-state index is 0.0385. The summed E-state index contributed by atoms with van der Waals surface area (Å²) in [6.45, 7) is 3.65. The van der Waals surface area contributed by atoms with Crippen LogP contribution < -0.4 is 10.2 Å². The maximum atomic E-state index is 12.5. The second-order valence-electron chi connectivity index (χ2n) is 6.04. The van der Waals surface area contributed by atoms with Crippen molar-refractivity contribution < 1.29 is 4.79 Å². The lowest BCUT2D eigenvalue weighted by molar-refractivity contribution is -0.120. The van der Waals surface area contributed by atoms with E-state index in [2.05, 4.69) is 31.1 Å². The van der Waals surface area contributed by atoms with E-state index in [9.17, 15) is 4.79 Å². The molecule has 1 saturated heterocycles. The Morgan fingerprint density at radius 1 is 1.29 bits per heavy atom. The molecule has 1 amide bonds. The van der Waals surface area contributed by atoms with Gasteiger partial charge in [-0.15, -0.1) is 0 Å². The molecule has 1 fully saturated rings. The first-order valence-corrected chi connectivity index (χ1v) is 9.13. The molecule has 0 aliphatic carbocycles. The molecule has 0 bridgehead atoms. The van der Waals surface area contributed by atoms with E-state index in [1.165, 1.54) is 0 Å². The van der Waals surface area contributed by atoms with Gasteiger partial charge in [-0.25, -0.2) is 4.98 Å². The number of hydrogen-bond donors (Lipinski definition) is 1. The van der Waals surface area contributed by atoms with Gasteiger partial charge < -0.3 is 10.2 Å². The fraction of sp³-hybridized carbons (Fsp3) is 0.333. The Labute approximate surface area is 155 Å². The number of aryl methyl sites for hydroxylation is 1. The number of carbonyl (C=O) groups is 1. The first kappa shape index (κ1) is 17.2. The molecule has 0 radical (unpaired) electrons. The third-order valence-corrected chi connectivity index (χ3v) is 5.06. The lowest BCUT2D eigenvalue weighted by Gasteiger charge is -2.32. The van der Waals surface area contributed by atoms with Crippen molar-refractivity contribution in [2.45, 2.75) is 19.8 Å². The summed E-state index contributed by atoms with van der Waals surface area (Å²) in [6, 6.07) is 9.65. The molecule has 1 aromatic heterocycles. The van der Waals surface area contributed by atoms with Crippen LogP contribution in [-0.2, 0) is 4.79 Å². The fourth-order valence-electron chi connectivity index (χ4n) is 2.93. The van der Waals surface area contributed by atoms with Gasteiger partial charge in [0.15, 0.2) is 0 Å². The number of rotatable bonds is 3. The maximum absolute atomic E-state index is 12.5. The van der Waals surface area contributed by atoms with Crippen molar-refractivity contribution in [3.05, 3.63) is 51.6 Å². The highest BCUT2D eigenvalue weighted by Gasteiger charge is 2.25. The van der Waals surface area contributed by atoms with Crippen molar-refractivity contribution in [2.24, 2.45) is 5.92 Å². The minimum Gasteiger partial charge on any atom is -0.357 e. The van der Waals surface area contributed by atoms with Crippen LogP contribution in [0.1, 0.15) is 18.4 Å². The zero-order valence-electron chi connectivity index (χ0n) is 13.4. The summed E-state index contributed by atoms with van der Waals surface area (Å²) in [6.07, 6.45) is 3.31. The number of halogens is 2. The van der Waals surface area contributed by atoms with Crippen molar-refractivity contribution >= 4 is 44.9 Å². The summed E-state index contributed by atoms with van der Waals surface area (Å²) in [5.41, 5.74) is 1.94. The van der Waals surface area contributed by atoms with E-state index < -0.39 is 0 Å². The molecule has 1 N–H and O–H groups in total. The Balaban J connectivity index is 1.58. The van der Waals surface area contributed by atoms with Crippen molar-refractivity contribution in [3.63, 3.8) is 0 Å².